The molecule has 358 valence electrons. The molecule has 7 atom stereocenters. The molecule has 13 heteroatoms. The zero-order valence-corrected chi connectivity index (χ0v) is 39.1. The molecule has 60 heavy (non-hydrogen) atoms. The van der Waals surface area contributed by atoms with E-state index in [1.807, 2.05) is 0 Å². The molecule has 12 nitrogen and oxygen atoms in total. The van der Waals surface area contributed by atoms with Crippen LogP contribution in [0.2, 0.25) is 0 Å². The van der Waals surface area contributed by atoms with Crippen LogP contribution in [-0.2, 0) is 28.9 Å². The van der Waals surface area contributed by atoms with E-state index in [1.54, 1.807) is 0 Å². The van der Waals surface area contributed by atoms with Gasteiger partial charge in [-0.05, 0) is 12.8 Å². The fourth-order valence-corrected chi connectivity index (χ4v) is 8.79. The highest BCUT2D eigenvalue weighted by molar-refractivity contribution is 7.80. The monoisotopic (exact) mass is 880 g/mol. The molecule has 0 aromatic rings. The largest absolute Gasteiger partial charge is 0.397 e. The van der Waals surface area contributed by atoms with Crippen molar-refractivity contribution in [1.82, 2.24) is 5.32 Å². The SMILES string of the molecule is CCCCCCCCCCCCCCCCCCCCCCCCC(O)C(COC1OC(CO)C(O)C(OS(=O)(=O)O)C1O)NC(=O)CCCCCCCCCCCCC. The molecule has 6 N–H and O–H groups in total. The molecule has 0 saturated carbocycles. The van der Waals surface area contributed by atoms with Gasteiger partial charge in [-0.25, -0.2) is 4.18 Å². The molecule has 1 amide bonds. The fourth-order valence-electron chi connectivity index (χ4n) is 8.28. The Morgan fingerprint density at radius 3 is 1.33 bits per heavy atom. The molecule has 1 saturated heterocycles. The Labute approximate surface area is 367 Å². The van der Waals surface area contributed by atoms with Gasteiger partial charge in [0.05, 0.1) is 25.4 Å². The number of unbranched alkanes of at least 4 members (excludes halogenated alkanes) is 31. The summed E-state index contributed by atoms with van der Waals surface area (Å²) < 4.78 is 47.7. The first-order chi connectivity index (χ1) is 29.0. The number of carbonyl (C=O) groups is 1. The molecule has 0 spiro atoms. The van der Waals surface area contributed by atoms with Gasteiger partial charge in [0.2, 0.25) is 5.91 Å². The first-order valence-corrected chi connectivity index (χ1v) is 26.3. The van der Waals surface area contributed by atoms with E-state index in [0.29, 0.717) is 12.8 Å². The second kappa shape index (κ2) is 38.5. The zero-order valence-electron chi connectivity index (χ0n) is 38.3. The van der Waals surface area contributed by atoms with E-state index >= 15 is 0 Å². The van der Waals surface area contributed by atoms with Crippen LogP contribution in [0.5, 0.6) is 0 Å². The molecule has 0 aromatic carbocycles. The van der Waals surface area contributed by atoms with Crippen molar-refractivity contribution in [3.8, 4) is 0 Å². The van der Waals surface area contributed by atoms with Crippen LogP contribution in [0.15, 0.2) is 0 Å². The number of hydrogen-bond donors (Lipinski definition) is 6. The Bertz CT molecular complexity index is 1080. The van der Waals surface area contributed by atoms with E-state index in [-0.39, 0.29) is 12.5 Å². The molecule has 0 aliphatic carbocycles. The average Bonchev–Trinajstić information content (AvgIpc) is 3.22. The van der Waals surface area contributed by atoms with Gasteiger partial charge in [0.25, 0.3) is 0 Å². The number of nitrogens with one attached hydrogen (secondary N) is 1. The van der Waals surface area contributed by atoms with Crippen molar-refractivity contribution in [3.05, 3.63) is 0 Å². The van der Waals surface area contributed by atoms with Gasteiger partial charge in [0.15, 0.2) is 6.29 Å². The Morgan fingerprint density at radius 2 is 0.967 bits per heavy atom. The van der Waals surface area contributed by atoms with Crippen LogP contribution in [0, 0.1) is 0 Å². The minimum Gasteiger partial charge on any atom is -0.394 e. The second-order valence-electron chi connectivity index (χ2n) is 17.8. The number of ether oxygens (including phenoxy) is 2. The fraction of sp³-hybridized carbons (Fsp3) is 0.979. The van der Waals surface area contributed by atoms with Crippen LogP contribution in [0.3, 0.4) is 0 Å². The number of rotatable bonds is 43. The van der Waals surface area contributed by atoms with E-state index in [1.165, 1.54) is 161 Å². The third kappa shape index (κ3) is 31.0. The average molecular weight is 880 g/mol. The van der Waals surface area contributed by atoms with E-state index in [0.717, 1.165) is 51.4 Å². The summed E-state index contributed by atoms with van der Waals surface area (Å²) in [6.45, 7) is 3.46. The van der Waals surface area contributed by atoms with E-state index in [9.17, 15) is 38.2 Å². The van der Waals surface area contributed by atoms with Gasteiger partial charge in [-0.15, -0.1) is 0 Å². The van der Waals surface area contributed by atoms with E-state index < -0.39 is 59.9 Å². The van der Waals surface area contributed by atoms with Crippen molar-refractivity contribution in [2.45, 2.75) is 281 Å². The molecule has 1 rings (SSSR count). The quantitative estimate of drug-likeness (QED) is 0.0252. The lowest BCUT2D eigenvalue weighted by Crippen LogP contribution is -2.61. The Kier molecular flexibility index (Phi) is 36.7. The number of aliphatic hydroxyl groups is 4. The molecule has 1 heterocycles. The van der Waals surface area contributed by atoms with E-state index in [2.05, 4.69) is 23.3 Å². The van der Waals surface area contributed by atoms with Gasteiger partial charge in [-0.1, -0.05) is 219 Å². The van der Waals surface area contributed by atoms with Gasteiger partial charge in [0, 0.05) is 6.42 Å². The molecule has 0 radical (unpaired) electrons. The molecule has 1 fully saturated rings. The van der Waals surface area contributed by atoms with Crippen LogP contribution >= 0.6 is 0 Å². The lowest BCUT2D eigenvalue weighted by Gasteiger charge is -2.41. The summed E-state index contributed by atoms with van der Waals surface area (Å²) in [6, 6.07) is -0.851. The number of hydrogen-bond acceptors (Lipinski definition) is 10. The molecule has 7 unspecified atom stereocenters. The minimum atomic E-state index is -5.07. The third-order valence-electron chi connectivity index (χ3n) is 12.2. The normalized spacial score (nSPS) is 20.7. The Morgan fingerprint density at radius 1 is 0.600 bits per heavy atom. The highest BCUT2D eigenvalue weighted by atomic mass is 32.3. The summed E-state index contributed by atoms with van der Waals surface area (Å²) in [6.07, 6.45) is 32.5. The van der Waals surface area contributed by atoms with E-state index in [4.69, 9.17) is 9.47 Å². The zero-order chi connectivity index (χ0) is 44.1. The highest BCUT2D eigenvalue weighted by Gasteiger charge is 2.48. The van der Waals surface area contributed by atoms with Crippen LogP contribution in [-0.4, -0.2) is 95.4 Å². The maximum atomic E-state index is 13.0. The highest BCUT2D eigenvalue weighted by Crippen LogP contribution is 2.26. The summed E-state index contributed by atoms with van der Waals surface area (Å²) in [5.41, 5.74) is 0. The first-order valence-electron chi connectivity index (χ1n) is 24.9. The number of amides is 1. The summed E-state index contributed by atoms with van der Waals surface area (Å²) in [5.74, 6) is -0.228. The van der Waals surface area contributed by atoms with Gasteiger partial charge < -0.3 is 35.2 Å². The Hall–Kier alpha value is -0.900. The van der Waals surface area contributed by atoms with Crippen molar-refractivity contribution >= 4 is 16.3 Å². The second-order valence-corrected chi connectivity index (χ2v) is 18.8. The van der Waals surface area contributed by atoms with Crippen molar-refractivity contribution in [1.29, 1.82) is 0 Å². The molecular formula is C47H93NO11S. The smallest absolute Gasteiger partial charge is 0.394 e. The summed E-state index contributed by atoms with van der Waals surface area (Å²) in [7, 11) is -5.07. The lowest BCUT2D eigenvalue weighted by molar-refractivity contribution is -0.298. The maximum Gasteiger partial charge on any atom is 0.397 e. The summed E-state index contributed by atoms with van der Waals surface area (Å²) >= 11 is 0. The first kappa shape index (κ1) is 57.1. The van der Waals surface area contributed by atoms with Crippen LogP contribution < -0.4 is 5.32 Å². The topological polar surface area (TPSA) is 192 Å². The molecule has 1 aliphatic heterocycles. The predicted molar refractivity (Wildman–Crippen MR) is 241 cm³/mol. The molecule has 0 aromatic heterocycles. The van der Waals surface area contributed by atoms with Gasteiger partial charge in [0.1, 0.15) is 24.4 Å². The molecule has 0 bridgehead atoms. The van der Waals surface area contributed by atoms with Gasteiger partial charge in [-0.3, -0.25) is 9.35 Å². The lowest BCUT2D eigenvalue weighted by atomic mass is 9.99. The van der Waals surface area contributed by atoms with Crippen LogP contribution in [0.25, 0.3) is 0 Å². The van der Waals surface area contributed by atoms with Gasteiger partial charge in [-0.2, -0.15) is 8.42 Å². The molecule has 1 aliphatic rings. The summed E-state index contributed by atoms with van der Waals surface area (Å²) in [5, 5.41) is 44.9. The van der Waals surface area contributed by atoms with Gasteiger partial charge >= 0.3 is 10.4 Å². The van der Waals surface area contributed by atoms with Crippen molar-refractivity contribution in [3.63, 3.8) is 0 Å². The number of aliphatic hydroxyl groups excluding tert-OH is 4. The van der Waals surface area contributed by atoms with Crippen molar-refractivity contribution < 1.29 is 51.8 Å². The molecular weight excluding hydrogens is 787 g/mol. The third-order valence-corrected chi connectivity index (χ3v) is 12.6. The summed E-state index contributed by atoms with van der Waals surface area (Å²) in [4.78, 5) is 13.0. The van der Waals surface area contributed by atoms with Crippen molar-refractivity contribution in [2.75, 3.05) is 13.2 Å². The Balaban J connectivity index is 2.39. The number of carbonyl (C=O) groups excluding carboxylic acids is 1. The standard InChI is InChI=1S/C47H93NO11S/c1-3-5-7-9-11-13-15-16-17-18-19-20-21-22-23-24-25-27-28-30-32-34-36-41(50)40(48-43(51)37-35-33-31-29-26-14-12-10-8-6-4-2)39-57-47-45(53)46(59-60(54,55)56)44(52)42(38-49)58-47/h40-42,44-47,49-50,52-53H,3-39H2,1-2H3,(H,48,51)(H,54,55,56). The van der Waals surface area contributed by atoms with Crippen LogP contribution in [0.4, 0.5) is 0 Å². The van der Waals surface area contributed by atoms with Crippen LogP contribution in [0.1, 0.15) is 239 Å². The maximum absolute atomic E-state index is 13.0. The minimum absolute atomic E-state index is 0.228. The van der Waals surface area contributed by atoms with Crippen molar-refractivity contribution in [2.24, 2.45) is 0 Å². The predicted octanol–water partition coefficient (Wildman–Crippen LogP) is 10.2.